The molecule has 0 aliphatic rings. The Morgan fingerprint density at radius 1 is 0.811 bits per heavy atom. The van der Waals surface area contributed by atoms with Crippen LogP contribution in [0.15, 0.2) is 96.0 Å². The van der Waals surface area contributed by atoms with Crippen LogP contribution in [0.3, 0.4) is 0 Å². The van der Waals surface area contributed by atoms with E-state index in [-0.39, 0.29) is 18.4 Å². The first-order chi connectivity index (χ1) is 18.1. The van der Waals surface area contributed by atoms with Gasteiger partial charge in [-0.2, -0.15) is 0 Å². The van der Waals surface area contributed by atoms with Crippen molar-refractivity contribution in [3.05, 3.63) is 102 Å². The number of rotatable bonds is 13. The number of aromatic amines is 1. The summed E-state index contributed by atoms with van der Waals surface area (Å²) in [6, 6.07) is 28.2. The Hall–Kier alpha value is -3.51. The zero-order chi connectivity index (χ0) is 25.9. The largest absolute Gasteiger partial charge is 0.361 e. The van der Waals surface area contributed by atoms with Crippen LogP contribution in [0, 0.1) is 0 Å². The summed E-state index contributed by atoms with van der Waals surface area (Å²) in [5.41, 5.74) is 3.38. The van der Waals surface area contributed by atoms with E-state index in [2.05, 4.69) is 24.0 Å². The summed E-state index contributed by atoms with van der Waals surface area (Å²) < 4.78 is 0. The van der Waals surface area contributed by atoms with E-state index in [9.17, 15) is 9.59 Å². The Morgan fingerprint density at radius 3 is 2.27 bits per heavy atom. The number of thioether (sulfide) groups is 1. The minimum atomic E-state index is -0.0159. The lowest BCUT2D eigenvalue weighted by molar-refractivity contribution is -0.139. The summed E-state index contributed by atoms with van der Waals surface area (Å²) >= 11 is 1.52. The Labute approximate surface area is 223 Å². The molecule has 0 unspecified atom stereocenters. The van der Waals surface area contributed by atoms with Crippen LogP contribution in [-0.2, 0) is 22.6 Å². The van der Waals surface area contributed by atoms with E-state index in [1.807, 2.05) is 83.9 Å². The fourth-order valence-corrected chi connectivity index (χ4v) is 5.17. The lowest BCUT2D eigenvalue weighted by Gasteiger charge is -2.28. The molecule has 1 heterocycles. The SMILES string of the molecule is CCCCN(CC(=O)N(CCc1c[nH]c2ccccc12)Cc1ccccc1)C(=O)CSc1ccccc1. The monoisotopic (exact) mass is 513 g/mol. The van der Waals surface area contributed by atoms with Crippen LogP contribution in [0.1, 0.15) is 30.9 Å². The molecule has 2 amide bonds. The van der Waals surface area contributed by atoms with Crippen LogP contribution in [0.2, 0.25) is 0 Å². The second kappa shape index (κ2) is 13.7. The Morgan fingerprint density at radius 2 is 1.51 bits per heavy atom. The first kappa shape index (κ1) is 26.6. The number of nitrogens with one attached hydrogen (secondary N) is 1. The number of hydrogen-bond donors (Lipinski definition) is 1. The summed E-state index contributed by atoms with van der Waals surface area (Å²) in [7, 11) is 0. The average Bonchev–Trinajstić information content (AvgIpc) is 3.36. The van der Waals surface area contributed by atoms with Gasteiger partial charge in [-0.25, -0.2) is 0 Å². The maximum absolute atomic E-state index is 13.6. The molecule has 1 N–H and O–H groups in total. The third-order valence-corrected chi connectivity index (χ3v) is 7.46. The third-order valence-electron chi connectivity index (χ3n) is 6.46. The fourth-order valence-electron chi connectivity index (χ4n) is 4.35. The van der Waals surface area contributed by atoms with Crippen LogP contribution in [-0.4, -0.2) is 52.0 Å². The number of unbranched alkanes of at least 4 members (excludes halogenated alkanes) is 1. The molecule has 3 aromatic carbocycles. The van der Waals surface area contributed by atoms with E-state index in [4.69, 9.17) is 0 Å². The van der Waals surface area contributed by atoms with Gasteiger partial charge in [0.1, 0.15) is 0 Å². The van der Waals surface area contributed by atoms with Crippen LogP contribution in [0.4, 0.5) is 0 Å². The second-order valence-electron chi connectivity index (χ2n) is 9.18. The first-order valence-corrected chi connectivity index (χ1v) is 13.9. The summed E-state index contributed by atoms with van der Waals surface area (Å²) in [4.78, 5) is 34.8. The molecule has 192 valence electrons. The van der Waals surface area contributed by atoms with Gasteiger partial charge in [-0.15, -0.1) is 11.8 Å². The van der Waals surface area contributed by atoms with Gasteiger partial charge in [-0.05, 0) is 42.2 Å². The van der Waals surface area contributed by atoms with Crippen LogP contribution < -0.4 is 0 Å². The van der Waals surface area contributed by atoms with Crippen molar-refractivity contribution < 1.29 is 9.59 Å². The van der Waals surface area contributed by atoms with Crippen molar-refractivity contribution in [2.24, 2.45) is 0 Å². The molecule has 0 spiro atoms. The molecule has 0 fully saturated rings. The van der Waals surface area contributed by atoms with Crippen molar-refractivity contribution in [3.63, 3.8) is 0 Å². The highest BCUT2D eigenvalue weighted by Crippen LogP contribution is 2.20. The quantitative estimate of drug-likeness (QED) is 0.218. The number of para-hydroxylation sites is 1. The lowest BCUT2D eigenvalue weighted by Crippen LogP contribution is -2.44. The number of amides is 2. The molecule has 0 aliphatic heterocycles. The zero-order valence-electron chi connectivity index (χ0n) is 21.4. The summed E-state index contributed by atoms with van der Waals surface area (Å²) in [5.74, 6) is 0.319. The Kier molecular flexibility index (Phi) is 9.83. The maximum atomic E-state index is 13.6. The van der Waals surface area contributed by atoms with E-state index in [0.29, 0.717) is 25.4 Å². The highest BCUT2D eigenvalue weighted by molar-refractivity contribution is 8.00. The van der Waals surface area contributed by atoms with Crippen molar-refractivity contribution >= 4 is 34.5 Å². The van der Waals surface area contributed by atoms with E-state index in [1.165, 1.54) is 22.7 Å². The van der Waals surface area contributed by atoms with E-state index in [1.54, 1.807) is 4.90 Å². The second-order valence-corrected chi connectivity index (χ2v) is 10.2. The van der Waals surface area contributed by atoms with Crippen molar-refractivity contribution in [2.75, 3.05) is 25.4 Å². The van der Waals surface area contributed by atoms with Crippen LogP contribution in [0.25, 0.3) is 10.9 Å². The highest BCUT2D eigenvalue weighted by atomic mass is 32.2. The summed E-state index contributed by atoms with van der Waals surface area (Å²) in [6.07, 6.45) is 4.63. The van der Waals surface area contributed by atoms with E-state index in [0.717, 1.165) is 35.2 Å². The van der Waals surface area contributed by atoms with Crippen molar-refractivity contribution in [2.45, 2.75) is 37.6 Å². The number of hydrogen-bond acceptors (Lipinski definition) is 3. The molecular weight excluding hydrogens is 478 g/mol. The highest BCUT2D eigenvalue weighted by Gasteiger charge is 2.22. The molecule has 0 bridgehead atoms. The third kappa shape index (κ3) is 7.73. The van der Waals surface area contributed by atoms with Gasteiger partial charge in [-0.1, -0.05) is 80.1 Å². The topological polar surface area (TPSA) is 56.4 Å². The number of carbonyl (C=O) groups excluding carboxylic acids is 2. The molecule has 0 saturated carbocycles. The number of benzene rings is 3. The van der Waals surface area contributed by atoms with Crippen molar-refractivity contribution in [3.8, 4) is 0 Å². The molecule has 0 atom stereocenters. The molecule has 4 aromatic rings. The van der Waals surface area contributed by atoms with Gasteiger partial charge in [0.05, 0.1) is 12.3 Å². The van der Waals surface area contributed by atoms with Crippen LogP contribution in [0.5, 0.6) is 0 Å². The van der Waals surface area contributed by atoms with Crippen LogP contribution >= 0.6 is 11.8 Å². The Bertz CT molecular complexity index is 1270. The molecule has 4 rings (SSSR count). The summed E-state index contributed by atoms with van der Waals surface area (Å²) in [6.45, 7) is 3.92. The van der Waals surface area contributed by atoms with Gasteiger partial charge >= 0.3 is 0 Å². The van der Waals surface area contributed by atoms with Crippen molar-refractivity contribution in [1.82, 2.24) is 14.8 Å². The maximum Gasteiger partial charge on any atom is 0.242 e. The normalized spacial score (nSPS) is 10.9. The molecule has 0 radical (unpaired) electrons. The average molecular weight is 514 g/mol. The van der Waals surface area contributed by atoms with Gasteiger partial charge < -0.3 is 14.8 Å². The molecule has 0 aliphatic carbocycles. The first-order valence-electron chi connectivity index (χ1n) is 13.0. The molecular formula is C31H35N3O2S. The molecule has 6 heteroatoms. The number of H-pyrrole nitrogens is 1. The predicted octanol–water partition coefficient (Wildman–Crippen LogP) is 6.16. The van der Waals surface area contributed by atoms with Gasteiger partial charge in [0.15, 0.2) is 0 Å². The number of fused-ring (bicyclic) bond motifs is 1. The van der Waals surface area contributed by atoms with Gasteiger partial charge in [-0.3, -0.25) is 9.59 Å². The molecule has 0 saturated heterocycles. The van der Waals surface area contributed by atoms with Gasteiger partial charge in [0.2, 0.25) is 11.8 Å². The van der Waals surface area contributed by atoms with E-state index >= 15 is 0 Å². The number of nitrogens with zero attached hydrogens (tertiary/aromatic N) is 2. The Balaban J connectivity index is 1.45. The zero-order valence-corrected chi connectivity index (χ0v) is 22.3. The molecule has 37 heavy (non-hydrogen) atoms. The minimum absolute atomic E-state index is 0.00643. The lowest BCUT2D eigenvalue weighted by atomic mass is 10.1. The summed E-state index contributed by atoms with van der Waals surface area (Å²) in [5, 5.41) is 1.19. The molecule has 1 aromatic heterocycles. The molecule has 5 nitrogen and oxygen atoms in total. The smallest absolute Gasteiger partial charge is 0.242 e. The predicted molar refractivity (Wildman–Crippen MR) is 153 cm³/mol. The standard InChI is InChI=1S/C31H35N3O2S/c1-2-3-19-33(31(36)24-37-27-14-8-5-9-15-27)23-30(35)34(22-25-12-6-4-7-13-25)20-18-26-21-32-29-17-11-10-16-28(26)29/h4-17,21,32H,2-3,18-20,22-24H2,1H3. The number of aromatic nitrogens is 1. The fraction of sp³-hybridized carbons (Fsp3) is 0.290. The van der Waals surface area contributed by atoms with Crippen molar-refractivity contribution in [1.29, 1.82) is 0 Å². The van der Waals surface area contributed by atoms with Gasteiger partial charge in [0.25, 0.3) is 0 Å². The minimum Gasteiger partial charge on any atom is -0.361 e. The van der Waals surface area contributed by atoms with Gasteiger partial charge in [0, 0.05) is 41.6 Å². The van der Waals surface area contributed by atoms with E-state index < -0.39 is 0 Å². The number of carbonyl (C=O) groups is 2.